The highest BCUT2D eigenvalue weighted by atomic mass is 15.2. The first-order valence-corrected chi connectivity index (χ1v) is 6.15. The Labute approximate surface area is 95.3 Å². The van der Waals surface area contributed by atoms with Crippen LogP contribution in [0.2, 0.25) is 0 Å². The molecule has 2 nitrogen and oxygen atoms in total. The second kappa shape index (κ2) is 7.70. The van der Waals surface area contributed by atoms with Gasteiger partial charge in [0.2, 0.25) is 0 Å². The predicted molar refractivity (Wildman–Crippen MR) is 65.6 cm³/mol. The normalized spacial score (nSPS) is 13.5. The van der Waals surface area contributed by atoms with E-state index in [9.17, 15) is 0 Å². The van der Waals surface area contributed by atoms with Crippen LogP contribution in [0, 0.1) is 17.2 Å². The predicted octanol–water partition coefficient (Wildman–Crippen LogP) is 3.44. The number of hydrogen-bond acceptors (Lipinski definition) is 2. The molecule has 1 unspecified atom stereocenters. The summed E-state index contributed by atoms with van der Waals surface area (Å²) in [5.41, 5.74) is 0. The molecule has 0 aliphatic rings. The van der Waals surface area contributed by atoms with Gasteiger partial charge in [0, 0.05) is 18.5 Å². The van der Waals surface area contributed by atoms with Crippen molar-refractivity contribution in [2.24, 2.45) is 5.92 Å². The van der Waals surface area contributed by atoms with Crippen LogP contribution < -0.4 is 0 Å². The van der Waals surface area contributed by atoms with Crippen LogP contribution in [-0.4, -0.2) is 23.5 Å². The third-order valence-corrected chi connectivity index (χ3v) is 3.08. The third kappa shape index (κ3) is 5.79. The molecule has 0 saturated carbocycles. The molecule has 0 fully saturated rings. The summed E-state index contributed by atoms with van der Waals surface area (Å²) in [5, 5.41) is 8.69. The second-order valence-corrected chi connectivity index (χ2v) is 4.85. The van der Waals surface area contributed by atoms with Gasteiger partial charge in [-0.2, -0.15) is 5.26 Å². The smallest absolute Gasteiger partial charge is 0.0624 e. The van der Waals surface area contributed by atoms with Crippen molar-refractivity contribution in [3.8, 4) is 6.07 Å². The maximum Gasteiger partial charge on any atom is 0.0624 e. The Morgan fingerprint density at radius 2 is 1.67 bits per heavy atom. The topological polar surface area (TPSA) is 27.0 Å². The molecule has 0 heterocycles. The summed E-state index contributed by atoms with van der Waals surface area (Å²) in [7, 11) is 0. The van der Waals surface area contributed by atoms with Gasteiger partial charge in [-0.3, -0.25) is 4.90 Å². The molecular formula is C13H26N2. The molecule has 0 spiro atoms. The van der Waals surface area contributed by atoms with E-state index in [0.717, 1.165) is 19.4 Å². The van der Waals surface area contributed by atoms with Crippen molar-refractivity contribution in [3.63, 3.8) is 0 Å². The maximum absolute atomic E-state index is 8.69. The summed E-state index contributed by atoms with van der Waals surface area (Å²) in [4.78, 5) is 2.50. The summed E-state index contributed by atoms with van der Waals surface area (Å²) in [6.07, 6.45) is 2.98. The Hall–Kier alpha value is -0.550. The molecule has 2 heteroatoms. The van der Waals surface area contributed by atoms with Crippen LogP contribution in [0.1, 0.15) is 53.9 Å². The molecule has 0 amide bonds. The standard InChI is InChI=1S/C13H26N2/c1-6-13(7-9-14)8-10-15(11(2)3)12(4)5/h11-13H,6-8,10H2,1-5H3. The van der Waals surface area contributed by atoms with Crippen LogP contribution in [0.5, 0.6) is 0 Å². The van der Waals surface area contributed by atoms with Crippen molar-refractivity contribution < 1.29 is 0 Å². The van der Waals surface area contributed by atoms with Crippen LogP contribution in [0.25, 0.3) is 0 Å². The van der Waals surface area contributed by atoms with E-state index < -0.39 is 0 Å². The van der Waals surface area contributed by atoms with Crippen molar-refractivity contribution in [2.45, 2.75) is 66.0 Å². The van der Waals surface area contributed by atoms with E-state index in [2.05, 4.69) is 45.6 Å². The zero-order valence-electron chi connectivity index (χ0n) is 11.0. The molecule has 0 aromatic carbocycles. The van der Waals surface area contributed by atoms with Gasteiger partial charge in [-0.15, -0.1) is 0 Å². The Bertz CT molecular complexity index is 183. The molecule has 0 bridgehead atoms. The van der Waals surface area contributed by atoms with Gasteiger partial charge in [-0.1, -0.05) is 13.3 Å². The fourth-order valence-electron chi connectivity index (χ4n) is 2.02. The summed E-state index contributed by atoms with van der Waals surface area (Å²) in [6.45, 7) is 12.3. The minimum absolute atomic E-state index is 0.579. The summed E-state index contributed by atoms with van der Waals surface area (Å²) >= 11 is 0. The summed E-state index contributed by atoms with van der Waals surface area (Å²) < 4.78 is 0. The molecule has 0 N–H and O–H groups in total. The van der Waals surface area contributed by atoms with Gasteiger partial charge >= 0.3 is 0 Å². The van der Waals surface area contributed by atoms with Gasteiger partial charge in [0.1, 0.15) is 0 Å². The molecule has 15 heavy (non-hydrogen) atoms. The highest BCUT2D eigenvalue weighted by Crippen LogP contribution is 2.15. The van der Waals surface area contributed by atoms with Crippen LogP contribution in [0.15, 0.2) is 0 Å². The SMILES string of the molecule is CCC(CC#N)CCN(C(C)C)C(C)C. The van der Waals surface area contributed by atoms with E-state index in [4.69, 9.17) is 5.26 Å². The largest absolute Gasteiger partial charge is 0.299 e. The van der Waals surface area contributed by atoms with Gasteiger partial charge < -0.3 is 0 Å². The van der Waals surface area contributed by atoms with Gasteiger partial charge in [0.15, 0.2) is 0 Å². The lowest BCUT2D eigenvalue weighted by Crippen LogP contribution is -2.38. The Morgan fingerprint density at radius 3 is 2.00 bits per heavy atom. The van der Waals surface area contributed by atoms with Crippen molar-refractivity contribution in [1.29, 1.82) is 5.26 Å². The van der Waals surface area contributed by atoms with Crippen LogP contribution in [-0.2, 0) is 0 Å². The van der Waals surface area contributed by atoms with E-state index in [1.54, 1.807) is 0 Å². The van der Waals surface area contributed by atoms with Crippen molar-refractivity contribution in [3.05, 3.63) is 0 Å². The minimum Gasteiger partial charge on any atom is -0.299 e. The van der Waals surface area contributed by atoms with Crippen molar-refractivity contribution >= 4 is 0 Å². The number of hydrogen-bond donors (Lipinski definition) is 0. The van der Waals surface area contributed by atoms with E-state index in [1.807, 2.05) is 0 Å². The quantitative estimate of drug-likeness (QED) is 0.643. The molecule has 0 aromatic rings. The number of nitrogens with zero attached hydrogens (tertiary/aromatic N) is 2. The van der Waals surface area contributed by atoms with Gasteiger partial charge in [-0.05, 0) is 46.6 Å². The fraction of sp³-hybridized carbons (Fsp3) is 0.923. The van der Waals surface area contributed by atoms with Crippen LogP contribution in [0.3, 0.4) is 0 Å². The first-order chi connectivity index (χ1) is 7.02. The third-order valence-electron chi connectivity index (χ3n) is 3.08. The molecule has 0 aliphatic carbocycles. The van der Waals surface area contributed by atoms with Crippen LogP contribution in [0.4, 0.5) is 0 Å². The summed E-state index contributed by atoms with van der Waals surface area (Å²) in [5.74, 6) is 0.579. The average molecular weight is 210 g/mol. The monoisotopic (exact) mass is 210 g/mol. The van der Waals surface area contributed by atoms with Crippen LogP contribution >= 0.6 is 0 Å². The molecule has 0 aromatic heterocycles. The lowest BCUT2D eigenvalue weighted by atomic mass is 9.98. The van der Waals surface area contributed by atoms with Crippen molar-refractivity contribution in [1.82, 2.24) is 4.90 Å². The lowest BCUT2D eigenvalue weighted by molar-refractivity contribution is 0.162. The van der Waals surface area contributed by atoms with Gasteiger partial charge in [-0.25, -0.2) is 0 Å². The van der Waals surface area contributed by atoms with E-state index >= 15 is 0 Å². The highest BCUT2D eigenvalue weighted by Gasteiger charge is 2.15. The Morgan fingerprint density at radius 1 is 1.13 bits per heavy atom. The molecule has 0 radical (unpaired) electrons. The zero-order chi connectivity index (χ0) is 11.8. The van der Waals surface area contributed by atoms with E-state index in [0.29, 0.717) is 24.4 Å². The first kappa shape index (κ1) is 14.5. The molecule has 0 rings (SSSR count). The zero-order valence-corrected chi connectivity index (χ0v) is 11.0. The average Bonchev–Trinajstić information content (AvgIpc) is 2.15. The number of rotatable bonds is 7. The number of nitriles is 1. The molecular weight excluding hydrogens is 184 g/mol. The maximum atomic E-state index is 8.69. The Kier molecular flexibility index (Phi) is 7.42. The van der Waals surface area contributed by atoms with Gasteiger partial charge in [0.05, 0.1) is 6.07 Å². The lowest BCUT2D eigenvalue weighted by Gasteiger charge is -2.31. The molecule has 1 atom stereocenters. The first-order valence-electron chi connectivity index (χ1n) is 6.15. The molecule has 0 saturated heterocycles. The Balaban J connectivity index is 4.03. The molecule has 0 aliphatic heterocycles. The summed E-state index contributed by atoms with van der Waals surface area (Å²) in [6, 6.07) is 3.49. The second-order valence-electron chi connectivity index (χ2n) is 4.85. The van der Waals surface area contributed by atoms with Gasteiger partial charge in [0.25, 0.3) is 0 Å². The minimum atomic E-state index is 0.579. The fourth-order valence-corrected chi connectivity index (χ4v) is 2.02. The van der Waals surface area contributed by atoms with Crippen molar-refractivity contribution in [2.75, 3.05) is 6.54 Å². The van der Waals surface area contributed by atoms with E-state index in [1.165, 1.54) is 0 Å². The highest BCUT2D eigenvalue weighted by molar-refractivity contribution is 4.77. The molecule has 88 valence electrons. The van der Waals surface area contributed by atoms with E-state index in [-0.39, 0.29) is 0 Å².